The van der Waals surface area contributed by atoms with Gasteiger partial charge in [0.2, 0.25) is 0 Å². The van der Waals surface area contributed by atoms with Crippen molar-refractivity contribution >= 4 is 5.91 Å². The van der Waals surface area contributed by atoms with E-state index in [1.54, 1.807) is 23.0 Å². The van der Waals surface area contributed by atoms with Crippen LogP contribution in [0.4, 0.5) is 4.39 Å². The number of carbonyl (C=O) groups is 1. The second kappa shape index (κ2) is 8.06. The van der Waals surface area contributed by atoms with E-state index in [9.17, 15) is 9.18 Å². The summed E-state index contributed by atoms with van der Waals surface area (Å²) in [6.07, 6.45) is 2.50. The van der Waals surface area contributed by atoms with Crippen molar-refractivity contribution in [1.82, 2.24) is 20.0 Å². The Bertz CT molecular complexity index is 679. The van der Waals surface area contributed by atoms with Crippen LogP contribution in [0.2, 0.25) is 0 Å². The van der Waals surface area contributed by atoms with Crippen LogP contribution in [0.5, 0.6) is 0 Å². The van der Waals surface area contributed by atoms with Crippen molar-refractivity contribution in [2.45, 2.75) is 32.9 Å². The summed E-state index contributed by atoms with van der Waals surface area (Å²) in [6, 6.07) is 6.11. The Kier molecular flexibility index (Phi) is 6.09. The van der Waals surface area contributed by atoms with Gasteiger partial charge in [0, 0.05) is 12.7 Å². The van der Waals surface area contributed by atoms with Gasteiger partial charge in [-0.3, -0.25) is 9.48 Å². The van der Waals surface area contributed by atoms with Crippen LogP contribution < -0.4 is 5.32 Å². The van der Waals surface area contributed by atoms with Crippen molar-refractivity contribution in [2.75, 3.05) is 20.6 Å². The van der Waals surface area contributed by atoms with Crippen molar-refractivity contribution in [3.05, 3.63) is 53.1 Å². The maximum atomic E-state index is 13.2. The van der Waals surface area contributed by atoms with Crippen LogP contribution in [-0.4, -0.2) is 41.2 Å². The van der Waals surface area contributed by atoms with Gasteiger partial charge in [0.15, 0.2) is 0 Å². The molecule has 1 aromatic heterocycles. The Morgan fingerprint density at radius 3 is 2.54 bits per heavy atom. The zero-order valence-electron chi connectivity index (χ0n) is 14.7. The third-order valence-corrected chi connectivity index (χ3v) is 3.96. The second-order valence-corrected chi connectivity index (χ2v) is 6.15. The van der Waals surface area contributed by atoms with Gasteiger partial charge in [-0.15, -0.1) is 0 Å². The van der Waals surface area contributed by atoms with E-state index in [0.29, 0.717) is 11.3 Å². The zero-order valence-corrected chi connectivity index (χ0v) is 14.7. The first-order valence-electron chi connectivity index (χ1n) is 8.15. The van der Waals surface area contributed by atoms with Crippen LogP contribution in [0, 0.1) is 12.7 Å². The van der Waals surface area contributed by atoms with Gasteiger partial charge in [-0.25, -0.2) is 4.39 Å². The molecule has 0 aliphatic heterocycles. The molecule has 1 N–H and O–H groups in total. The Morgan fingerprint density at radius 2 is 2.00 bits per heavy atom. The molecule has 0 saturated carbocycles. The first-order valence-corrected chi connectivity index (χ1v) is 8.15. The molecule has 1 unspecified atom stereocenters. The lowest BCUT2D eigenvalue weighted by Gasteiger charge is -2.21. The number of amides is 1. The molecular formula is C18H25FN4O. The SMILES string of the molecule is CCn1cc(C(=O)NC(CCN(C)C)c2ccc(F)cc2)c(C)n1. The van der Waals surface area contributed by atoms with Crippen molar-refractivity contribution in [3.8, 4) is 0 Å². The van der Waals surface area contributed by atoms with Crippen LogP contribution in [0.3, 0.4) is 0 Å². The first kappa shape index (κ1) is 18.1. The summed E-state index contributed by atoms with van der Waals surface area (Å²) in [5.74, 6) is -0.434. The highest BCUT2D eigenvalue weighted by molar-refractivity contribution is 5.95. The number of rotatable bonds is 7. The van der Waals surface area contributed by atoms with Crippen molar-refractivity contribution in [1.29, 1.82) is 0 Å². The minimum atomic E-state index is -0.281. The lowest BCUT2D eigenvalue weighted by atomic mass is 10.0. The van der Waals surface area contributed by atoms with Crippen molar-refractivity contribution < 1.29 is 9.18 Å². The Balaban J connectivity index is 2.18. The number of nitrogens with one attached hydrogen (secondary N) is 1. The fraction of sp³-hybridized carbons (Fsp3) is 0.444. The second-order valence-electron chi connectivity index (χ2n) is 6.15. The van der Waals surface area contributed by atoms with Gasteiger partial charge < -0.3 is 10.2 Å². The predicted molar refractivity (Wildman–Crippen MR) is 92.4 cm³/mol. The molecule has 0 saturated heterocycles. The molecule has 2 rings (SSSR count). The van der Waals surface area contributed by atoms with Crippen LogP contribution in [-0.2, 0) is 6.54 Å². The molecule has 0 spiro atoms. The van der Waals surface area contributed by atoms with E-state index >= 15 is 0 Å². The van der Waals surface area contributed by atoms with E-state index < -0.39 is 0 Å². The molecule has 24 heavy (non-hydrogen) atoms. The van der Waals surface area contributed by atoms with Crippen LogP contribution >= 0.6 is 0 Å². The molecule has 0 aliphatic rings. The summed E-state index contributed by atoms with van der Waals surface area (Å²) in [7, 11) is 3.97. The molecule has 0 aliphatic carbocycles. The minimum Gasteiger partial charge on any atom is -0.345 e. The Labute approximate surface area is 142 Å². The zero-order chi connectivity index (χ0) is 17.7. The fourth-order valence-electron chi connectivity index (χ4n) is 2.54. The van der Waals surface area contributed by atoms with E-state index in [-0.39, 0.29) is 17.8 Å². The summed E-state index contributed by atoms with van der Waals surface area (Å²) < 4.78 is 14.9. The highest BCUT2D eigenvalue weighted by Gasteiger charge is 2.19. The number of nitrogens with zero attached hydrogens (tertiary/aromatic N) is 3. The predicted octanol–water partition coefficient (Wildman–Crippen LogP) is 2.77. The molecule has 6 heteroatoms. The highest BCUT2D eigenvalue weighted by Crippen LogP contribution is 2.19. The highest BCUT2D eigenvalue weighted by atomic mass is 19.1. The standard InChI is InChI=1S/C18H25FN4O/c1-5-23-12-16(13(2)21-23)18(24)20-17(10-11-22(3)4)14-6-8-15(19)9-7-14/h6-9,12,17H,5,10-11H2,1-4H3,(H,20,24). The molecular weight excluding hydrogens is 307 g/mol. The summed E-state index contributed by atoms with van der Waals surface area (Å²) in [5.41, 5.74) is 2.18. The van der Waals surface area contributed by atoms with E-state index in [1.807, 2.05) is 27.9 Å². The molecule has 1 aromatic carbocycles. The summed E-state index contributed by atoms with van der Waals surface area (Å²) in [5, 5.41) is 7.38. The average Bonchev–Trinajstić information content (AvgIpc) is 2.93. The van der Waals surface area contributed by atoms with Crippen molar-refractivity contribution in [2.24, 2.45) is 0 Å². The van der Waals surface area contributed by atoms with Crippen LogP contribution in [0.15, 0.2) is 30.5 Å². The van der Waals surface area contributed by atoms with E-state index in [2.05, 4.69) is 15.3 Å². The molecule has 0 radical (unpaired) electrons. The van der Waals surface area contributed by atoms with Crippen molar-refractivity contribution in [3.63, 3.8) is 0 Å². The fourth-order valence-corrected chi connectivity index (χ4v) is 2.54. The van der Waals surface area contributed by atoms with Gasteiger partial charge in [-0.2, -0.15) is 5.10 Å². The summed E-state index contributed by atoms with van der Waals surface area (Å²) in [6.45, 7) is 5.34. The van der Waals surface area contributed by atoms with Gasteiger partial charge in [-0.05, 0) is 58.6 Å². The lowest BCUT2D eigenvalue weighted by molar-refractivity contribution is 0.0932. The molecule has 0 bridgehead atoms. The summed E-state index contributed by atoms with van der Waals surface area (Å²) in [4.78, 5) is 14.7. The van der Waals surface area contributed by atoms with Crippen LogP contribution in [0.1, 0.15) is 41.0 Å². The van der Waals surface area contributed by atoms with Gasteiger partial charge in [0.25, 0.3) is 5.91 Å². The molecule has 130 valence electrons. The van der Waals surface area contributed by atoms with Gasteiger partial charge in [-0.1, -0.05) is 12.1 Å². The maximum Gasteiger partial charge on any atom is 0.255 e. The number of aryl methyl sites for hydroxylation is 2. The number of aromatic nitrogens is 2. The largest absolute Gasteiger partial charge is 0.345 e. The third kappa shape index (κ3) is 4.64. The molecule has 0 fully saturated rings. The molecule has 1 amide bonds. The molecule has 1 heterocycles. The minimum absolute atomic E-state index is 0.153. The number of halogens is 1. The monoisotopic (exact) mass is 332 g/mol. The third-order valence-electron chi connectivity index (χ3n) is 3.96. The van der Waals surface area contributed by atoms with E-state index in [0.717, 1.165) is 25.1 Å². The number of carbonyl (C=O) groups excluding carboxylic acids is 1. The van der Waals surface area contributed by atoms with E-state index in [4.69, 9.17) is 0 Å². The maximum absolute atomic E-state index is 13.2. The quantitative estimate of drug-likeness (QED) is 0.848. The van der Waals surface area contributed by atoms with E-state index in [1.165, 1.54) is 12.1 Å². The molecule has 5 nitrogen and oxygen atoms in total. The van der Waals surface area contributed by atoms with Gasteiger partial charge in [0.05, 0.1) is 17.3 Å². The molecule has 1 atom stereocenters. The average molecular weight is 332 g/mol. The number of hydrogen-bond donors (Lipinski definition) is 1. The molecule has 2 aromatic rings. The van der Waals surface area contributed by atoms with Gasteiger partial charge in [0.1, 0.15) is 5.82 Å². The normalized spacial score (nSPS) is 12.4. The number of hydrogen-bond acceptors (Lipinski definition) is 3. The van der Waals surface area contributed by atoms with Crippen LogP contribution in [0.25, 0.3) is 0 Å². The van der Waals surface area contributed by atoms with Gasteiger partial charge >= 0.3 is 0 Å². The Morgan fingerprint density at radius 1 is 1.33 bits per heavy atom. The lowest BCUT2D eigenvalue weighted by Crippen LogP contribution is -2.31. The first-order chi connectivity index (χ1) is 11.4. The smallest absolute Gasteiger partial charge is 0.255 e. The topological polar surface area (TPSA) is 50.2 Å². The summed E-state index contributed by atoms with van der Waals surface area (Å²) >= 11 is 0. The number of benzene rings is 1. The Hall–Kier alpha value is -2.21.